The van der Waals surface area contributed by atoms with Crippen molar-refractivity contribution < 1.29 is 4.43 Å². The molecule has 1 nitrogen and oxygen atoms in total. The van der Waals surface area contributed by atoms with Crippen molar-refractivity contribution in [2.45, 2.75) is 5.60 Å². The van der Waals surface area contributed by atoms with E-state index in [4.69, 9.17) is 37.7 Å². The van der Waals surface area contributed by atoms with E-state index in [1.165, 1.54) is 0 Å². The Balaban J connectivity index is 2.33. The molecule has 0 saturated heterocycles. The van der Waals surface area contributed by atoms with Gasteiger partial charge >= 0.3 is 6.25 Å². The van der Waals surface area contributed by atoms with Gasteiger partial charge in [0.05, 0.1) is 0 Å². The molecule has 0 bridgehead atoms. The summed E-state index contributed by atoms with van der Waals surface area (Å²) in [6, 6.07) is 29.6. The van der Waals surface area contributed by atoms with Gasteiger partial charge in [-0.25, -0.2) is 0 Å². The van der Waals surface area contributed by atoms with Gasteiger partial charge in [-0.05, 0) is 16.7 Å². The van der Waals surface area contributed by atoms with Crippen LogP contribution in [-0.4, -0.2) is 6.25 Å². The minimum atomic E-state index is -3.42. The average molecular weight is 394 g/mol. The van der Waals surface area contributed by atoms with E-state index in [9.17, 15) is 0 Å². The third kappa shape index (κ3) is 3.69. The minimum absolute atomic E-state index is 0.918. The fourth-order valence-electron chi connectivity index (χ4n) is 2.87. The van der Waals surface area contributed by atoms with Crippen LogP contribution in [0.2, 0.25) is 0 Å². The Bertz CT molecular complexity index is 677. The summed E-state index contributed by atoms with van der Waals surface area (Å²) in [4.78, 5) is 0. The van der Waals surface area contributed by atoms with E-state index in [1.54, 1.807) is 0 Å². The van der Waals surface area contributed by atoms with Crippen molar-refractivity contribution in [2.24, 2.45) is 0 Å². The molecular formula is C19H15Cl3OSi. The van der Waals surface area contributed by atoms with E-state index in [-0.39, 0.29) is 0 Å². The third-order valence-electron chi connectivity index (χ3n) is 3.81. The molecule has 0 amide bonds. The molecule has 0 unspecified atom stereocenters. The zero-order valence-electron chi connectivity index (χ0n) is 12.7. The summed E-state index contributed by atoms with van der Waals surface area (Å²) in [7, 11) is 0. The Hall–Kier alpha value is -1.29. The van der Waals surface area contributed by atoms with Gasteiger partial charge in [-0.1, -0.05) is 124 Å². The molecule has 0 N–H and O–H groups in total. The first-order valence-corrected chi connectivity index (χ1v) is 12.4. The predicted molar refractivity (Wildman–Crippen MR) is 104 cm³/mol. The van der Waals surface area contributed by atoms with Gasteiger partial charge in [0.1, 0.15) is 5.60 Å². The van der Waals surface area contributed by atoms with Crippen LogP contribution in [0.5, 0.6) is 0 Å². The second-order valence-corrected chi connectivity index (χ2v) is 13.0. The number of benzene rings is 3. The lowest BCUT2D eigenvalue weighted by molar-refractivity contribution is 0.163. The maximum atomic E-state index is 6.22. The quantitative estimate of drug-likeness (QED) is 0.287. The van der Waals surface area contributed by atoms with Gasteiger partial charge in [0.2, 0.25) is 0 Å². The number of halogens is 3. The summed E-state index contributed by atoms with van der Waals surface area (Å²) < 4.78 is 6.22. The zero-order valence-corrected chi connectivity index (χ0v) is 16.0. The van der Waals surface area contributed by atoms with Gasteiger partial charge in [-0.2, -0.15) is 0 Å². The first-order valence-electron chi connectivity index (χ1n) is 7.46. The van der Waals surface area contributed by atoms with Crippen molar-refractivity contribution in [3.63, 3.8) is 0 Å². The smallest absolute Gasteiger partial charge is 0.362 e. The molecule has 122 valence electrons. The van der Waals surface area contributed by atoms with Crippen LogP contribution in [0, 0.1) is 0 Å². The summed E-state index contributed by atoms with van der Waals surface area (Å²) in [5.74, 6) is 0. The van der Waals surface area contributed by atoms with Crippen LogP contribution in [-0.2, 0) is 10.0 Å². The highest BCUT2D eigenvalue weighted by Crippen LogP contribution is 2.44. The molecule has 3 aromatic carbocycles. The molecule has 0 aliphatic rings. The Morgan fingerprint density at radius 1 is 0.542 bits per heavy atom. The normalized spacial score (nSPS) is 12.1. The molecule has 5 heteroatoms. The van der Waals surface area contributed by atoms with Crippen molar-refractivity contribution in [1.82, 2.24) is 0 Å². The molecule has 3 rings (SSSR count). The van der Waals surface area contributed by atoms with E-state index in [0.29, 0.717) is 0 Å². The maximum absolute atomic E-state index is 6.22. The maximum Gasteiger partial charge on any atom is 0.495 e. The number of hydrogen-bond acceptors (Lipinski definition) is 1. The van der Waals surface area contributed by atoms with Gasteiger partial charge in [0.25, 0.3) is 0 Å². The fraction of sp³-hybridized carbons (Fsp3) is 0.0526. The lowest BCUT2D eigenvalue weighted by Gasteiger charge is -2.38. The molecule has 0 fully saturated rings. The molecule has 0 aromatic heterocycles. The molecule has 0 aliphatic carbocycles. The van der Waals surface area contributed by atoms with Gasteiger partial charge in [0, 0.05) is 0 Å². The molecule has 0 spiro atoms. The molecule has 3 aromatic rings. The molecular weight excluding hydrogens is 379 g/mol. The van der Waals surface area contributed by atoms with E-state index < -0.39 is 11.8 Å². The van der Waals surface area contributed by atoms with Crippen molar-refractivity contribution >= 4 is 39.5 Å². The largest absolute Gasteiger partial charge is 0.495 e. The van der Waals surface area contributed by atoms with Gasteiger partial charge < -0.3 is 4.43 Å². The van der Waals surface area contributed by atoms with Crippen LogP contribution in [0.15, 0.2) is 91.0 Å². The minimum Gasteiger partial charge on any atom is -0.362 e. The van der Waals surface area contributed by atoms with Gasteiger partial charge in [-0.15, -0.1) is 0 Å². The van der Waals surface area contributed by atoms with E-state index in [1.807, 2.05) is 91.0 Å². The second kappa shape index (κ2) is 7.30. The molecule has 0 atom stereocenters. The summed E-state index contributed by atoms with van der Waals surface area (Å²) in [6.45, 7) is 0. The highest BCUT2D eigenvalue weighted by atomic mass is 35.8. The molecule has 0 heterocycles. The van der Waals surface area contributed by atoms with Crippen LogP contribution in [0.3, 0.4) is 0 Å². The highest BCUT2D eigenvalue weighted by Gasteiger charge is 2.45. The molecule has 0 radical (unpaired) electrons. The van der Waals surface area contributed by atoms with E-state index >= 15 is 0 Å². The lowest BCUT2D eigenvalue weighted by Crippen LogP contribution is -2.39. The first kappa shape index (κ1) is 17.5. The summed E-state index contributed by atoms with van der Waals surface area (Å²) in [6.07, 6.45) is -3.42. The predicted octanol–water partition coefficient (Wildman–Crippen LogP) is 6.15. The SMILES string of the molecule is Cl[Si](Cl)(Cl)OC(c1ccccc1)(c1ccccc1)c1ccccc1. The Morgan fingerprint density at radius 2 is 0.833 bits per heavy atom. The van der Waals surface area contributed by atoms with Crippen LogP contribution in [0.1, 0.15) is 16.7 Å². The van der Waals surface area contributed by atoms with Crippen LogP contribution in [0.25, 0.3) is 0 Å². The Kier molecular flexibility index (Phi) is 5.33. The monoisotopic (exact) mass is 392 g/mol. The van der Waals surface area contributed by atoms with Gasteiger partial charge in [0.15, 0.2) is 0 Å². The summed E-state index contributed by atoms with van der Waals surface area (Å²) in [5, 5.41) is 0. The summed E-state index contributed by atoms with van der Waals surface area (Å²) >= 11 is 18.6. The van der Waals surface area contributed by atoms with Crippen molar-refractivity contribution in [3.8, 4) is 0 Å². The van der Waals surface area contributed by atoms with Crippen LogP contribution >= 0.6 is 33.2 Å². The topological polar surface area (TPSA) is 9.23 Å². The standard InChI is InChI=1S/C19H15Cl3OSi/c20-24(21,22)23-19(16-10-4-1-5-11-16,17-12-6-2-7-13-17)18-14-8-3-9-15-18/h1-15H. The average Bonchev–Trinajstić information content (AvgIpc) is 2.61. The van der Waals surface area contributed by atoms with Crippen LogP contribution < -0.4 is 0 Å². The second-order valence-electron chi connectivity index (χ2n) is 5.33. The first-order chi connectivity index (χ1) is 11.5. The fourth-order valence-corrected chi connectivity index (χ4v) is 4.61. The lowest BCUT2D eigenvalue weighted by atomic mass is 9.80. The molecule has 0 aliphatic heterocycles. The van der Waals surface area contributed by atoms with Crippen molar-refractivity contribution in [2.75, 3.05) is 0 Å². The Morgan fingerprint density at radius 3 is 1.08 bits per heavy atom. The van der Waals surface area contributed by atoms with Gasteiger partial charge in [-0.3, -0.25) is 0 Å². The number of hydrogen-bond donors (Lipinski definition) is 0. The van der Waals surface area contributed by atoms with Crippen molar-refractivity contribution in [3.05, 3.63) is 108 Å². The molecule has 24 heavy (non-hydrogen) atoms. The van der Waals surface area contributed by atoms with E-state index in [0.717, 1.165) is 16.7 Å². The third-order valence-corrected chi connectivity index (χ3v) is 5.04. The van der Waals surface area contributed by atoms with E-state index in [2.05, 4.69) is 0 Å². The molecule has 0 saturated carbocycles. The number of rotatable bonds is 5. The van der Waals surface area contributed by atoms with Crippen molar-refractivity contribution in [1.29, 1.82) is 0 Å². The Labute approximate surface area is 157 Å². The summed E-state index contributed by atoms with van der Waals surface area (Å²) in [5.41, 5.74) is 1.78. The highest BCUT2D eigenvalue weighted by molar-refractivity contribution is 7.62. The zero-order chi connectivity index (χ0) is 17.0. The van der Waals surface area contributed by atoms with Crippen LogP contribution in [0.4, 0.5) is 0 Å².